The van der Waals surface area contributed by atoms with Crippen molar-refractivity contribution in [1.29, 1.82) is 0 Å². The number of H-pyrrole nitrogens is 1. The van der Waals surface area contributed by atoms with E-state index in [4.69, 9.17) is 21.1 Å². The number of ether oxygens (including phenoxy) is 2. The minimum Gasteiger partial charge on any atom is -0.491 e. The minimum absolute atomic E-state index is 0.00548. The number of benzene rings is 1. The van der Waals surface area contributed by atoms with Gasteiger partial charge in [-0.25, -0.2) is 9.97 Å². The molecule has 1 aromatic carbocycles. The molecule has 14 nitrogen and oxygen atoms in total. The Hall–Kier alpha value is -5.32. The van der Waals surface area contributed by atoms with E-state index in [-0.39, 0.29) is 70.8 Å². The summed E-state index contributed by atoms with van der Waals surface area (Å²) in [7, 11) is 6.16. The van der Waals surface area contributed by atoms with Crippen molar-refractivity contribution in [3.8, 4) is 11.6 Å². The molecule has 52 heavy (non-hydrogen) atoms. The highest BCUT2D eigenvalue weighted by Crippen LogP contribution is 2.39. The van der Waals surface area contributed by atoms with Crippen molar-refractivity contribution < 1.29 is 32.2 Å². The Labute approximate surface area is 300 Å². The molecule has 2 aliphatic rings. The number of carbonyl (C=O) groups is 2. The van der Waals surface area contributed by atoms with Gasteiger partial charge in [0.05, 0.1) is 48.9 Å². The molecule has 1 aliphatic carbocycles. The maximum Gasteiger partial charge on any atom is 0.416 e. The van der Waals surface area contributed by atoms with Crippen molar-refractivity contribution in [2.45, 2.75) is 51.0 Å². The van der Waals surface area contributed by atoms with E-state index in [9.17, 15) is 32.3 Å². The van der Waals surface area contributed by atoms with Crippen LogP contribution in [0.25, 0.3) is 11.2 Å². The van der Waals surface area contributed by atoms with Crippen LogP contribution in [0.2, 0.25) is 5.02 Å². The van der Waals surface area contributed by atoms with Crippen molar-refractivity contribution in [3.63, 3.8) is 0 Å². The van der Waals surface area contributed by atoms with Crippen molar-refractivity contribution in [1.82, 2.24) is 24.4 Å². The van der Waals surface area contributed by atoms with E-state index in [1.54, 1.807) is 28.5 Å². The van der Waals surface area contributed by atoms with E-state index in [1.807, 2.05) is 11.8 Å². The van der Waals surface area contributed by atoms with Crippen LogP contribution in [0.15, 0.2) is 40.2 Å². The molecular formula is C34H36ClF3N8O6. The number of piperazine rings is 1. The number of fused-ring (bicyclic) bond motifs is 2. The first-order chi connectivity index (χ1) is 24.7. The molecule has 1 aliphatic heterocycles. The fourth-order valence-electron chi connectivity index (χ4n) is 6.80. The molecule has 2 fully saturated rings. The van der Waals surface area contributed by atoms with Crippen LogP contribution < -0.4 is 35.4 Å². The van der Waals surface area contributed by atoms with Crippen molar-refractivity contribution in [3.05, 3.63) is 72.9 Å². The van der Waals surface area contributed by atoms with Crippen LogP contribution in [0.4, 0.5) is 30.4 Å². The van der Waals surface area contributed by atoms with Gasteiger partial charge in [0.15, 0.2) is 22.5 Å². The Morgan fingerprint density at radius 2 is 1.83 bits per heavy atom. The average Bonchev–Trinajstić information content (AvgIpc) is 3.09. The number of anilines is 3. The van der Waals surface area contributed by atoms with E-state index in [1.165, 1.54) is 26.6 Å². The van der Waals surface area contributed by atoms with Crippen LogP contribution in [-0.4, -0.2) is 89.7 Å². The van der Waals surface area contributed by atoms with Gasteiger partial charge >= 0.3 is 6.18 Å². The molecule has 0 unspecified atom stereocenters. The average molecular weight is 745 g/mol. The van der Waals surface area contributed by atoms with Crippen LogP contribution in [0.3, 0.4) is 0 Å². The zero-order valence-corrected chi connectivity index (χ0v) is 29.7. The SMILES string of the molecule is CCc1c(N2CCN(C(=O)c3c(OC)[nH]cc(OC)c3=O)[C@H]3CC[C@@H]32)c(=O)c2nc(N(C)C)cnc2n1CC(=O)Nc1ccc(C(F)(F)F)cc1Cl. The number of aromatic nitrogens is 4. The predicted molar refractivity (Wildman–Crippen MR) is 188 cm³/mol. The van der Waals surface area contributed by atoms with Gasteiger partial charge in [0.2, 0.25) is 22.6 Å². The lowest BCUT2D eigenvalue weighted by Gasteiger charge is -2.54. The number of pyridine rings is 2. The summed E-state index contributed by atoms with van der Waals surface area (Å²) in [6, 6.07) is 1.97. The lowest BCUT2D eigenvalue weighted by molar-refractivity contribution is -0.137. The van der Waals surface area contributed by atoms with E-state index < -0.39 is 34.4 Å². The third-order valence-electron chi connectivity index (χ3n) is 9.47. The number of halogens is 4. The van der Waals surface area contributed by atoms with Crippen molar-refractivity contribution >= 4 is 51.8 Å². The van der Waals surface area contributed by atoms with Crippen LogP contribution >= 0.6 is 11.6 Å². The van der Waals surface area contributed by atoms with Crippen LogP contribution in [0, 0.1) is 0 Å². The molecule has 2 atom stereocenters. The molecule has 0 radical (unpaired) electrons. The largest absolute Gasteiger partial charge is 0.491 e. The van der Waals surface area contributed by atoms with Crippen molar-refractivity contribution in [2.24, 2.45) is 0 Å². The second-order valence-electron chi connectivity index (χ2n) is 12.6. The first-order valence-electron chi connectivity index (χ1n) is 16.4. The Balaban J connectivity index is 1.39. The zero-order valence-electron chi connectivity index (χ0n) is 28.9. The number of amides is 2. The number of rotatable bonds is 9. The van der Waals surface area contributed by atoms with Gasteiger partial charge in [0.1, 0.15) is 18.1 Å². The molecular weight excluding hydrogens is 709 g/mol. The first kappa shape index (κ1) is 36.5. The molecule has 4 aromatic rings. The molecule has 4 heterocycles. The van der Waals surface area contributed by atoms with E-state index in [0.717, 1.165) is 18.2 Å². The van der Waals surface area contributed by atoms with Gasteiger partial charge in [-0.15, -0.1) is 0 Å². The highest BCUT2D eigenvalue weighted by atomic mass is 35.5. The summed E-state index contributed by atoms with van der Waals surface area (Å²) < 4.78 is 51.7. The quantitative estimate of drug-likeness (QED) is 0.258. The molecule has 1 saturated carbocycles. The van der Waals surface area contributed by atoms with Gasteiger partial charge in [0, 0.05) is 38.9 Å². The van der Waals surface area contributed by atoms with Gasteiger partial charge < -0.3 is 39.0 Å². The monoisotopic (exact) mass is 744 g/mol. The zero-order chi connectivity index (χ0) is 37.6. The van der Waals surface area contributed by atoms with Gasteiger partial charge in [0.25, 0.3) is 5.91 Å². The maximum atomic E-state index is 14.4. The summed E-state index contributed by atoms with van der Waals surface area (Å²) in [4.78, 5) is 72.3. The Morgan fingerprint density at radius 3 is 2.42 bits per heavy atom. The van der Waals surface area contributed by atoms with Crippen LogP contribution in [-0.2, 0) is 23.9 Å². The fourth-order valence-corrected chi connectivity index (χ4v) is 7.03. The molecule has 2 amide bonds. The topological polar surface area (TPSA) is 155 Å². The highest BCUT2D eigenvalue weighted by molar-refractivity contribution is 6.33. The number of nitrogens with one attached hydrogen (secondary N) is 2. The Bertz CT molecular complexity index is 2190. The third-order valence-corrected chi connectivity index (χ3v) is 9.79. The smallest absolute Gasteiger partial charge is 0.416 e. The summed E-state index contributed by atoms with van der Waals surface area (Å²) in [5, 5.41) is 2.29. The molecule has 2 N–H and O–H groups in total. The van der Waals surface area contributed by atoms with Gasteiger partial charge in [-0.3, -0.25) is 19.2 Å². The first-order valence-corrected chi connectivity index (χ1v) is 16.7. The van der Waals surface area contributed by atoms with E-state index in [2.05, 4.69) is 20.3 Å². The second-order valence-corrected chi connectivity index (χ2v) is 13.0. The summed E-state index contributed by atoms with van der Waals surface area (Å²) >= 11 is 6.12. The maximum absolute atomic E-state index is 14.4. The number of alkyl halides is 3. The number of nitrogens with zero attached hydrogens (tertiary/aromatic N) is 6. The van der Waals surface area contributed by atoms with E-state index in [0.29, 0.717) is 36.5 Å². The highest BCUT2D eigenvalue weighted by Gasteiger charge is 2.47. The number of hydrogen-bond donors (Lipinski definition) is 2. The molecule has 3 aromatic heterocycles. The number of aromatic amines is 1. The minimum atomic E-state index is -4.62. The number of methoxy groups -OCH3 is 2. The van der Waals surface area contributed by atoms with Gasteiger partial charge in [-0.1, -0.05) is 18.5 Å². The summed E-state index contributed by atoms with van der Waals surface area (Å²) in [5.74, 6) is -0.786. The standard InChI is InChI=1S/C34H36ClF3N8O6/c1-6-20-28(44-11-12-45(22-10-9-21(22)44)33(50)26-29(48)23(51-4)14-40-32(26)52-5)30(49)27-31(39-15-24(42-27)43(2)3)46(20)16-25(47)41-19-8-7-17(13-18(19)35)34(36,37)38/h7-8,13-15,21-22H,6,9-12,16H2,1-5H3,(H,40,48)(H,41,47)/t21-,22-/m0/s1. The molecule has 0 spiro atoms. The van der Waals surface area contributed by atoms with Crippen LogP contribution in [0.5, 0.6) is 11.6 Å². The van der Waals surface area contributed by atoms with Crippen LogP contribution in [0.1, 0.15) is 41.4 Å². The lowest BCUT2D eigenvalue weighted by Crippen LogP contribution is -2.67. The summed E-state index contributed by atoms with van der Waals surface area (Å²) in [6.45, 7) is 1.84. The normalized spacial score (nSPS) is 17.0. The molecule has 0 bridgehead atoms. The fraction of sp³-hybridized carbons (Fsp3) is 0.412. The molecule has 1 saturated heterocycles. The van der Waals surface area contributed by atoms with Gasteiger partial charge in [-0.2, -0.15) is 13.2 Å². The second kappa shape index (κ2) is 14.0. The third kappa shape index (κ3) is 6.37. The Kier molecular flexibility index (Phi) is 9.83. The molecule has 6 rings (SSSR count). The van der Waals surface area contributed by atoms with E-state index >= 15 is 0 Å². The van der Waals surface area contributed by atoms with Gasteiger partial charge in [-0.05, 0) is 37.5 Å². The summed E-state index contributed by atoms with van der Waals surface area (Å²) in [5.41, 5.74) is -1.23. The molecule has 18 heteroatoms. The number of hydrogen-bond acceptors (Lipinski definition) is 10. The van der Waals surface area contributed by atoms with Crippen molar-refractivity contribution in [2.75, 3.05) is 56.5 Å². The number of carbonyl (C=O) groups excluding carboxylic acids is 2. The lowest BCUT2D eigenvalue weighted by atomic mass is 9.81. The predicted octanol–water partition coefficient (Wildman–Crippen LogP) is 3.93. The summed E-state index contributed by atoms with van der Waals surface area (Å²) in [6.07, 6.45) is -0.280. The molecule has 276 valence electrons. The Morgan fingerprint density at radius 1 is 1.10 bits per heavy atom.